The Morgan fingerprint density at radius 3 is 1.86 bits per heavy atom. The van der Waals surface area contributed by atoms with Crippen LogP contribution in [-0.2, 0) is 6.61 Å². The van der Waals surface area contributed by atoms with E-state index in [2.05, 4.69) is 12.1 Å². The van der Waals surface area contributed by atoms with Gasteiger partial charge in [0.25, 0.3) is 0 Å². The molecule has 0 heterocycles. The van der Waals surface area contributed by atoms with Gasteiger partial charge in [0, 0.05) is 0 Å². The molecule has 2 N–H and O–H groups in total. The maximum absolute atomic E-state index is 6.29. The maximum Gasteiger partial charge on any atom is 0.119 e. The zero-order valence-corrected chi connectivity index (χ0v) is 12.4. The number of nitrogens with two attached hydrogens (primary N) is 1. The topological polar surface area (TPSA) is 35.2 Å². The predicted molar refractivity (Wildman–Crippen MR) is 89.7 cm³/mol. The van der Waals surface area contributed by atoms with Gasteiger partial charge in [-0.1, -0.05) is 72.8 Å². The normalized spacial score (nSPS) is 11.9. The molecule has 110 valence electrons. The van der Waals surface area contributed by atoms with Gasteiger partial charge in [-0.25, -0.2) is 0 Å². The smallest absolute Gasteiger partial charge is 0.119 e. The van der Waals surface area contributed by atoms with Crippen LogP contribution in [0.5, 0.6) is 5.75 Å². The third kappa shape index (κ3) is 3.54. The summed E-state index contributed by atoms with van der Waals surface area (Å²) >= 11 is 0. The van der Waals surface area contributed by atoms with Crippen LogP contribution in [0.3, 0.4) is 0 Å². The van der Waals surface area contributed by atoms with E-state index in [1.165, 1.54) is 0 Å². The van der Waals surface area contributed by atoms with Crippen molar-refractivity contribution in [3.63, 3.8) is 0 Å². The molecule has 0 radical (unpaired) electrons. The van der Waals surface area contributed by atoms with Gasteiger partial charge in [-0.05, 0) is 28.8 Å². The van der Waals surface area contributed by atoms with Crippen LogP contribution >= 0.6 is 0 Å². The lowest BCUT2D eigenvalue weighted by Gasteiger charge is -2.13. The molecular formula is C20H19NO. The highest BCUT2D eigenvalue weighted by atomic mass is 16.5. The number of benzene rings is 3. The molecule has 22 heavy (non-hydrogen) atoms. The standard InChI is InChI=1S/C20H19NO/c21-20(17-9-5-2-6-10-17)18-11-13-19(14-12-18)22-15-16-7-3-1-4-8-16/h1-14,20H,15,21H2/t20-/m1/s1. The molecule has 3 rings (SSSR count). The van der Waals surface area contributed by atoms with Crippen molar-refractivity contribution in [1.82, 2.24) is 0 Å². The van der Waals surface area contributed by atoms with Gasteiger partial charge < -0.3 is 10.5 Å². The number of hydrogen-bond acceptors (Lipinski definition) is 2. The monoisotopic (exact) mass is 289 g/mol. The quantitative estimate of drug-likeness (QED) is 0.759. The van der Waals surface area contributed by atoms with Crippen molar-refractivity contribution in [2.45, 2.75) is 12.6 Å². The van der Waals surface area contributed by atoms with Gasteiger partial charge in [-0.15, -0.1) is 0 Å². The molecule has 0 aliphatic carbocycles. The minimum Gasteiger partial charge on any atom is -0.489 e. The average Bonchev–Trinajstić information content (AvgIpc) is 2.61. The first-order valence-electron chi connectivity index (χ1n) is 7.40. The van der Waals surface area contributed by atoms with E-state index in [4.69, 9.17) is 10.5 Å². The van der Waals surface area contributed by atoms with E-state index in [0.717, 1.165) is 22.4 Å². The van der Waals surface area contributed by atoms with Crippen molar-refractivity contribution >= 4 is 0 Å². The van der Waals surface area contributed by atoms with E-state index in [1.54, 1.807) is 0 Å². The molecule has 0 spiro atoms. The van der Waals surface area contributed by atoms with E-state index < -0.39 is 0 Å². The molecule has 3 aromatic rings. The zero-order chi connectivity index (χ0) is 15.2. The van der Waals surface area contributed by atoms with Crippen LogP contribution in [0.15, 0.2) is 84.9 Å². The number of ether oxygens (including phenoxy) is 1. The van der Waals surface area contributed by atoms with Gasteiger partial charge >= 0.3 is 0 Å². The Bertz CT molecular complexity index is 693. The zero-order valence-electron chi connectivity index (χ0n) is 12.4. The SMILES string of the molecule is N[C@H](c1ccccc1)c1ccc(OCc2ccccc2)cc1. The first kappa shape index (κ1) is 14.4. The summed E-state index contributed by atoms with van der Waals surface area (Å²) in [7, 11) is 0. The van der Waals surface area contributed by atoms with Gasteiger partial charge in [0.05, 0.1) is 6.04 Å². The van der Waals surface area contributed by atoms with Crippen molar-refractivity contribution in [3.05, 3.63) is 102 Å². The Hall–Kier alpha value is -2.58. The fourth-order valence-electron chi connectivity index (χ4n) is 2.37. The Balaban J connectivity index is 1.65. The van der Waals surface area contributed by atoms with Crippen LogP contribution in [0.1, 0.15) is 22.7 Å². The van der Waals surface area contributed by atoms with E-state index >= 15 is 0 Å². The van der Waals surface area contributed by atoms with Crippen molar-refractivity contribution in [2.24, 2.45) is 5.73 Å². The van der Waals surface area contributed by atoms with Crippen molar-refractivity contribution in [3.8, 4) is 5.75 Å². The van der Waals surface area contributed by atoms with Crippen LogP contribution in [0, 0.1) is 0 Å². The summed E-state index contributed by atoms with van der Waals surface area (Å²) in [5.41, 5.74) is 9.64. The molecule has 0 aliphatic heterocycles. The van der Waals surface area contributed by atoms with Gasteiger partial charge in [0.15, 0.2) is 0 Å². The molecule has 2 heteroatoms. The second-order valence-electron chi connectivity index (χ2n) is 5.23. The molecule has 0 aliphatic rings. The highest BCUT2D eigenvalue weighted by molar-refractivity contribution is 5.35. The van der Waals surface area contributed by atoms with E-state index in [1.807, 2.05) is 72.8 Å². The Morgan fingerprint density at radius 1 is 0.682 bits per heavy atom. The van der Waals surface area contributed by atoms with Crippen molar-refractivity contribution < 1.29 is 4.74 Å². The lowest BCUT2D eigenvalue weighted by molar-refractivity contribution is 0.306. The summed E-state index contributed by atoms with van der Waals surface area (Å²) in [4.78, 5) is 0. The van der Waals surface area contributed by atoms with E-state index in [9.17, 15) is 0 Å². The van der Waals surface area contributed by atoms with Crippen molar-refractivity contribution in [2.75, 3.05) is 0 Å². The summed E-state index contributed by atoms with van der Waals surface area (Å²) in [5, 5.41) is 0. The molecule has 0 unspecified atom stereocenters. The van der Waals surface area contributed by atoms with Gasteiger partial charge in [0.1, 0.15) is 12.4 Å². The summed E-state index contributed by atoms with van der Waals surface area (Å²) < 4.78 is 5.79. The minimum absolute atomic E-state index is 0.107. The molecule has 0 amide bonds. The first-order chi connectivity index (χ1) is 10.8. The number of rotatable bonds is 5. The molecule has 0 fully saturated rings. The fourth-order valence-corrected chi connectivity index (χ4v) is 2.37. The average molecular weight is 289 g/mol. The molecule has 0 saturated heterocycles. The third-order valence-corrected chi connectivity index (χ3v) is 3.65. The second kappa shape index (κ2) is 6.92. The lowest BCUT2D eigenvalue weighted by Crippen LogP contribution is -2.11. The van der Waals surface area contributed by atoms with Gasteiger partial charge in [-0.3, -0.25) is 0 Å². The van der Waals surface area contributed by atoms with Gasteiger partial charge in [0.2, 0.25) is 0 Å². The molecule has 1 atom stereocenters. The molecular weight excluding hydrogens is 270 g/mol. The molecule has 2 nitrogen and oxygen atoms in total. The Kier molecular flexibility index (Phi) is 4.52. The molecule has 0 saturated carbocycles. The van der Waals surface area contributed by atoms with Crippen molar-refractivity contribution in [1.29, 1.82) is 0 Å². The van der Waals surface area contributed by atoms with Gasteiger partial charge in [-0.2, -0.15) is 0 Å². The Labute approximate surface area is 131 Å². The molecule has 0 aromatic heterocycles. The second-order valence-corrected chi connectivity index (χ2v) is 5.23. The highest BCUT2D eigenvalue weighted by Gasteiger charge is 2.08. The van der Waals surface area contributed by atoms with E-state index in [-0.39, 0.29) is 6.04 Å². The van der Waals surface area contributed by atoms with Crippen LogP contribution in [0.4, 0.5) is 0 Å². The highest BCUT2D eigenvalue weighted by Crippen LogP contribution is 2.22. The summed E-state index contributed by atoms with van der Waals surface area (Å²) in [5.74, 6) is 0.855. The van der Waals surface area contributed by atoms with Crippen LogP contribution in [0.25, 0.3) is 0 Å². The molecule has 0 bridgehead atoms. The molecule has 3 aromatic carbocycles. The summed E-state index contributed by atoms with van der Waals surface area (Å²) in [6, 6.07) is 28.1. The number of hydrogen-bond donors (Lipinski definition) is 1. The summed E-state index contributed by atoms with van der Waals surface area (Å²) in [6.07, 6.45) is 0. The largest absolute Gasteiger partial charge is 0.489 e. The predicted octanol–water partition coefficient (Wildman–Crippen LogP) is 4.31. The summed E-state index contributed by atoms with van der Waals surface area (Å²) in [6.45, 7) is 0.574. The van der Waals surface area contributed by atoms with Crippen LogP contribution < -0.4 is 10.5 Å². The fraction of sp³-hybridized carbons (Fsp3) is 0.100. The van der Waals surface area contributed by atoms with Crippen LogP contribution in [-0.4, -0.2) is 0 Å². The minimum atomic E-state index is -0.107. The van der Waals surface area contributed by atoms with E-state index in [0.29, 0.717) is 6.61 Å². The third-order valence-electron chi connectivity index (χ3n) is 3.65. The van der Waals surface area contributed by atoms with Crippen LogP contribution in [0.2, 0.25) is 0 Å². The maximum atomic E-state index is 6.29. The Morgan fingerprint density at radius 2 is 1.23 bits per heavy atom. The first-order valence-corrected chi connectivity index (χ1v) is 7.40. The lowest BCUT2D eigenvalue weighted by atomic mass is 10.00.